The van der Waals surface area contributed by atoms with E-state index in [0.717, 1.165) is 75.2 Å². The highest BCUT2D eigenvalue weighted by molar-refractivity contribution is 5.88. The van der Waals surface area contributed by atoms with Crippen LogP contribution in [0.15, 0.2) is 36.8 Å². The molecular formula is C27H30N8O2. The second kappa shape index (κ2) is 8.81. The van der Waals surface area contributed by atoms with Gasteiger partial charge in [0.05, 0.1) is 47.4 Å². The molecule has 10 nitrogen and oxygen atoms in total. The van der Waals surface area contributed by atoms with Crippen molar-refractivity contribution in [2.75, 3.05) is 32.2 Å². The van der Waals surface area contributed by atoms with Gasteiger partial charge < -0.3 is 18.9 Å². The Morgan fingerprint density at radius 3 is 2.57 bits per heavy atom. The van der Waals surface area contributed by atoms with Crippen molar-refractivity contribution < 1.29 is 9.47 Å². The minimum atomic E-state index is 0.189. The number of hydrogen-bond donors (Lipinski definition) is 0. The molecule has 0 N–H and O–H groups in total. The van der Waals surface area contributed by atoms with Crippen LogP contribution in [0.2, 0.25) is 0 Å². The van der Waals surface area contributed by atoms with Gasteiger partial charge in [-0.1, -0.05) is 13.8 Å². The molecule has 190 valence electrons. The minimum absolute atomic E-state index is 0.189. The third-order valence-electron chi connectivity index (χ3n) is 7.12. The van der Waals surface area contributed by atoms with E-state index in [1.807, 2.05) is 29.9 Å². The number of rotatable bonds is 6. The van der Waals surface area contributed by atoms with Crippen molar-refractivity contribution in [3.63, 3.8) is 0 Å². The minimum Gasteiger partial charge on any atom is -0.496 e. The van der Waals surface area contributed by atoms with Crippen molar-refractivity contribution >= 4 is 27.9 Å². The molecule has 0 radical (unpaired) electrons. The Labute approximate surface area is 214 Å². The maximum Gasteiger partial charge on any atom is 0.206 e. The second-order valence-electron chi connectivity index (χ2n) is 9.78. The molecule has 0 aliphatic carbocycles. The van der Waals surface area contributed by atoms with E-state index in [-0.39, 0.29) is 12.0 Å². The predicted octanol–water partition coefficient (Wildman–Crippen LogP) is 4.04. The largest absolute Gasteiger partial charge is 0.496 e. The van der Waals surface area contributed by atoms with Crippen LogP contribution in [0.5, 0.6) is 5.75 Å². The van der Waals surface area contributed by atoms with E-state index in [1.165, 1.54) is 0 Å². The van der Waals surface area contributed by atoms with Crippen LogP contribution >= 0.6 is 0 Å². The summed E-state index contributed by atoms with van der Waals surface area (Å²) in [7, 11) is 5.46. The first-order valence-electron chi connectivity index (χ1n) is 12.4. The van der Waals surface area contributed by atoms with Crippen LogP contribution in [-0.4, -0.2) is 67.7 Å². The molecule has 1 aliphatic rings. The maximum atomic E-state index is 5.56. The van der Waals surface area contributed by atoms with E-state index < -0.39 is 0 Å². The molecule has 6 heterocycles. The van der Waals surface area contributed by atoms with Gasteiger partial charge in [0.1, 0.15) is 11.3 Å². The van der Waals surface area contributed by atoms with Gasteiger partial charge in [-0.15, -0.1) is 0 Å². The number of imidazole rings is 1. The Balaban J connectivity index is 1.52. The van der Waals surface area contributed by atoms with Gasteiger partial charge >= 0.3 is 0 Å². The van der Waals surface area contributed by atoms with E-state index in [9.17, 15) is 0 Å². The number of aromatic nitrogens is 7. The van der Waals surface area contributed by atoms with E-state index in [0.29, 0.717) is 0 Å². The lowest BCUT2D eigenvalue weighted by molar-refractivity contribution is 0.0776. The van der Waals surface area contributed by atoms with Gasteiger partial charge in [-0.25, -0.2) is 14.6 Å². The zero-order chi connectivity index (χ0) is 25.8. The number of ether oxygens (including phenoxy) is 2. The van der Waals surface area contributed by atoms with Crippen molar-refractivity contribution in [2.45, 2.75) is 32.8 Å². The SMILES string of the molecule is COc1ccncc1-c1cc2c(cnn2-c2cc3c(nc(N4CC(OC)C4)n3C)c(C(C)C)n2)c(C)n1. The molecular weight excluding hydrogens is 468 g/mol. The number of nitrogens with zero attached hydrogens (tertiary/aromatic N) is 8. The number of aryl methyl sites for hydroxylation is 2. The van der Waals surface area contributed by atoms with Gasteiger partial charge in [-0.2, -0.15) is 5.10 Å². The van der Waals surface area contributed by atoms with Crippen LogP contribution < -0.4 is 9.64 Å². The topological polar surface area (TPSA) is 96.0 Å². The first-order chi connectivity index (χ1) is 17.9. The van der Waals surface area contributed by atoms with Crippen LogP contribution in [0.1, 0.15) is 31.2 Å². The van der Waals surface area contributed by atoms with E-state index >= 15 is 0 Å². The Hall–Kier alpha value is -4.05. The predicted molar refractivity (Wildman–Crippen MR) is 143 cm³/mol. The zero-order valence-electron chi connectivity index (χ0n) is 21.9. The molecule has 0 amide bonds. The van der Waals surface area contributed by atoms with Crippen LogP contribution in [0.3, 0.4) is 0 Å². The fourth-order valence-electron chi connectivity index (χ4n) is 4.98. The summed E-state index contributed by atoms with van der Waals surface area (Å²) < 4.78 is 15.1. The molecule has 0 aromatic carbocycles. The van der Waals surface area contributed by atoms with Crippen molar-refractivity contribution in [1.29, 1.82) is 0 Å². The summed E-state index contributed by atoms with van der Waals surface area (Å²) in [6.45, 7) is 7.95. The normalized spacial score (nSPS) is 14.2. The summed E-state index contributed by atoms with van der Waals surface area (Å²) in [5, 5.41) is 5.71. The van der Waals surface area contributed by atoms with Gasteiger partial charge in [-0.3, -0.25) is 9.97 Å². The third kappa shape index (κ3) is 3.71. The number of methoxy groups -OCH3 is 2. The van der Waals surface area contributed by atoms with Gasteiger partial charge in [0.25, 0.3) is 0 Å². The molecule has 6 rings (SSSR count). The Morgan fingerprint density at radius 2 is 1.84 bits per heavy atom. The fraction of sp³-hybridized carbons (Fsp3) is 0.370. The summed E-state index contributed by atoms with van der Waals surface area (Å²) in [5.41, 5.74) is 6.29. The number of fused-ring (bicyclic) bond motifs is 2. The highest BCUT2D eigenvalue weighted by Gasteiger charge is 2.31. The molecule has 10 heteroatoms. The van der Waals surface area contributed by atoms with Crippen molar-refractivity contribution in [3.8, 4) is 22.8 Å². The van der Waals surface area contributed by atoms with Crippen molar-refractivity contribution in [2.24, 2.45) is 7.05 Å². The fourth-order valence-corrected chi connectivity index (χ4v) is 4.98. The van der Waals surface area contributed by atoms with Gasteiger partial charge in [0.15, 0.2) is 5.82 Å². The zero-order valence-corrected chi connectivity index (χ0v) is 21.9. The Morgan fingerprint density at radius 1 is 1.03 bits per heavy atom. The monoisotopic (exact) mass is 498 g/mol. The second-order valence-corrected chi connectivity index (χ2v) is 9.78. The summed E-state index contributed by atoms with van der Waals surface area (Å²) in [6.07, 6.45) is 5.58. The molecule has 5 aromatic rings. The summed E-state index contributed by atoms with van der Waals surface area (Å²) >= 11 is 0. The highest BCUT2D eigenvalue weighted by Crippen LogP contribution is 2.34. The van der Waals surface area contributed by atoms with E-state index in [4.69, 9.17) is 29.5 Å². The molecule has 0 spiro atoms. The standard InChI is InChI=1S/C27H30N8O2/c1-15(2)25-26-22(33(4)27(32-26)34-13-17(14-34)36-5)10-24(31-25)35-21-9-20(30-16(3)18(21)12-29-35)19-11-28-8-7-23(19)37-6/h7-12,15,17H,13-14H2,1-6H3. The molecule has 0 unspecified atom stereocenters. The molecule has 5 aromatic heterocycles. The smallest absolute Gasteiger partial charge is 0.206 e. The molecule has 1 aliphatic heterocycles. The highest BCUT2D eigenvalue weighted by atomic mass is 16.5. The first kappa shape index (κ1) is 23.4. The van der Waals surface area contributed by atoms with Crippen molar-refractivity contribution in [3.05, 3.63) is 48.2 Å². The molecule has 0 atom stereocenters. The molecule has 1 saturated heterocycles. The van der Waals surface area contributed by atoms with E-state index in [2.05, 4.69) is 41.4 Å². The van der Waals surface area contributed by atoms with Crippen LogP contribution in [-0.2, 0) is 11.8 Å². The van der Waals surface area contributed by atoms with Gasteiger partial charge in [-0.05, 0) is 25.0 Å². The number of anilines is 1. The quantitative estimate of drug-likeness (QED) is 0.346. The molecule has 37 heavy (non-hydrogen) atoms. The molecule has 0 saturated carbocycles. The van der Waals surface area contributed by atoms with Gasteiger partial charge in [0.2, 0.25) is 5.95 Å². The summed E-state index contributed by atoms with van der Waals surface area (Å²) in [5.74, 6) is 2.58. The third-order valence-corrected chi connectivity index (χ3v) is 7.12. The Kier molecular flexibility index (Phi) is 5.56. The van der Waals surface area contributed by atoms with E-state index in [1.54, 1.807) is 26.6 Å². The first-order valence-corrected chi connectivity index (χ1v) is 12.4. The average molecular weight is 499 g/mol. The lowest BCUT2D eigenvalue weighted by atomic mass is 10.1. The van der Waals surface area contributed by atoms with Crippen molar-refractivity contribution in [1.82, 2.24) is 34.3 Å². The number of hydrogen-bond acceptors (Lipinski definition) is 8. The average Bonchev–Trinajstić information content (AvgIpc) is 3.44. The van der Waals surface area contributed by atoms with Crippen LogP contribution in [0.25, 0.3) is 39.0 Å². The Bertz CT molecular complexity index is 1630. The molecule has 1 fully saturated rings. The summed E-state index contributed by atoms with van der Waals surface area (Å²) in [4.78, 5) is 21.4. The van der Waals surface area contributed by atoms with Gasteiger partial charge in [0, 0.05) is 56.8 Å². The molecule has 0 bridgehead atoms. The number of pyridine rings is 3. The summed E-state index contributed by atoms with van der Waals surface area (Å²) in [6, 6.07) is 5.93. The van der Waals surface area contributed by atoms with Crippen LogP contribution in [0, 0.1) is 6.92 Å². The lowest BCUT2D eigenvalue weighted by Crippen LogP contribution is -2.52. The van der Waals surface area contributed by atoms with Crippen LogP contribution in [0.4, 0.5) is 5.95 Å². The lowest BCUT2D eigenvalue weighted by Gasteiger charge is -2.38. The maximum absolute atomic E-state index is 5.56.